The van der Waals surface area contributed by atoms with Crippen LogP contribution in [-0.4, -0.2) is 11.7 Å². The molecular formula is C9H10O2. The zero-order valence-electron chi connectivity index (χ0n) is 6.42. The fourth-order valence-corrected chi connectivity index (χ4v) is 1.43. The summed E-state index contributed by atoms with van der Waals surface area (Å²) in [5.41, 5.74) is 2.07. The van der Waals surface area contributed by atoms with Crippen molar-refractivity contribution in [2.24, 2.45) is 0 Å². The number of hydrogen-bond donors (Lipinski definition) is 1. The van der Waals surface area contributed by atoms with E-state index in [2.05, 4.69) is 0 Å². The molecule has 58 valence electrons. The highest BCUT2D eigenvalue weighted by Crippen LogP contribution is 2.35. The SMILES string of the molecule is Cc1ccc(O)c2c1OCC2. The van der Waals surface area contributed by atoms with Crippen molar-refractivity contribution in [2.45, 2.75) is 13.3 Å². The topological polar surface area (TPSA) is 29.5 Å². The van der Waals surface area contributed by atoms with E-state index in [1.165, 1.54) is 0 Å². The number of aryl methyl sites for hydroxylation is 1. The van der Waals surface area contributed by atoms with Crippen molar-refractivity contribution < 1.29 is 9.84 Å². The number of hydrogen-bond acceptors (Lipinski definition) is 2. The minimum Gasteiger partial charge on any atom is -0.508 e. The lowest BCUT2D eigenvalue weighted by molar-refractivity contribution is 0.354. The van der Waals surface area contributed by atoms with E-state index in [0.717, 1.165) is 23.3 Å². The number of phenolic OH excluding ortho intramolecular Hbond substituents is 1. The van der Waals surface area contributed by atoms with E-state index >= 15 is 0 Å². The molecule has 0 saturated heterocycles. The number of aromatic hydroxyl groups is 1. The minimum atomic E-state index is 0.364. The average molecular weight is 150 g/mol. The van der Waals surface area contributed by atoms with Gasteiger partial charge in [0.1, 0.15) is 11.5 Å². The first-order valence-corrected chi connectivity index (χ1v) is 3.73. The molecule has 1 aliphatic rings. The summed E-state index contributed by atoms with van der Waals surface area (Å²) < 4.78 is 5.35. The Labute approximate surface area is 65.4 Å². The van der Waals surface area contributed by atoms with Gasteiger partial charge in [0.25, 0.3) is 0 Å². The van der Waals surface area contributed by atoms with Gasteiger partial charge in [-0.1, -0.05) is 6.07 Å². The monoisotopic (exact) mass is 150 g/mol. The molecule has 1 aromatic carbocycles. The molecule has 0 unspecified atom stereocenters. The fourth-order valence-electron chi connectivity index (χ4n) is 1.43. The lowest BCUT2D eigenvalue weighted by Crippen LogP contribution is -1.87. The van der Waals surface area contributed by atoms with E-state index in [0.29, 0.717) is 12.4 Å². The zero-order valence-corrected chi connectivity index (χ0v) is 6.42. The zero-order chi connectivity index (χ0) is 7.84. The first-order valence-electron chi connectivity index (χ1n) is 3.73. The van der Waals surface area contributed by atoms with Crippen molar-refractivity contribution in [3.05, 3.63) is 23.3 Å². The molecular weight excluding hydrogens is 140 g/mol. The van der Waals surface area contributed by atoms with Crippen molar-refractivity contribution in [3.63, 3.8) is 0 Å². The minimum absolute atomic E-state index is 0.364. The molecule has 2 heteroatoms. The third-order valence-corrected chi connectivity index (χ3v) is 2.03. The average Bonchev–Trinajstić information content (AvgIpc) is 2.45. The Morgan fingerprint density at radius 2 is 2.27 bits per heavy atom. The second-order valence-corrected chi connectivity index (χ2v) is 2.81. The van der Waals surface area contributed by atoms with Gasteiger partial charge < -0.3 is 9.84 Å². The molecule has 0 spiro atoms. The van der Waals surface area contributed by atoms with Crippen molar-refractivity contribution in [2.75, 3.05) is 6.61 Å². The van der Waals surface area contributed by atoms with Gasteiger partial charge in [0.15, 0.2) is 0 Å². The van der Waals surface area contributed by atoms with Gasteiger partial charge >= 0.3 is 0 Å². The normalized spacial score (nSPS) is 14.3. The molecule has 1 N–H and O–H groups in total. The Kier molecular flexibility index (Phi) is 1.28. The largest absolute Gasteiger partial charge is 0.508 e. The highest BCUT2D eigenvalue weighted by molar-refractivity contribution is 5.50. The molecule has 0 saturated carbocycles. The summed E-state index contributed by atoms with van der Waals surface area (Å²) in [5.74, 6) is 1.24. The van der Waals surface area contributed by atoms with Crippen molar-refractivity contribution in [1.29, 1.82) is 0 Å². The van der Waals surface area contributed by atoms with Gasteiger partial charge in [-0.2, -0.15) is 0 Å². The van der Waals surface area contributed by atoms with E-state index in [1.807, 2.05) is 13.0 Å². The van der Waals surface area contributed by atoms with E-state index < -0.39 is 0 Å². The van der Waals surface area contributed by atoms with Gasteiger partial charge in [0, 0.05) is 12.0 Å². The van der Waals surface area contributed by atoms with Crippen LogP contribution in [0.15, 0.2) is 12.1 Å². The Morgan fingerprint density at radius 1 is 1.45 bits per heavy atom. The molecule has 0 fully saturated rings. The molecule has 2 nitrogen and oxygen atoms in total. The van der Waals surface area contributed by atoms with E-state index in [9.17, 15) is 5.11 Å². The summed E-state index contributed by atoms with van der Waals surface area (Å²) in [6.45, 7) is 2.69. The first-order chi connectivity index (χ1) is 5.29. The van der Waals surface area contributed by atoms with Crippen LogP contribution in [0.1, 0.15) is 11.1 Å². The highest BCUT2D eigenvalue weighted by atomic mass is 16.5. The number of benzene rings is 1. The van der Waals surface area contributed by atoms with Crippen LogP contribution < -0.4 is 4.74 Å². The van der Waals surface area contributed by atoms with Gasteiger partial charge in [-0.15, -0.1) is 0 Å². The summed E-state index contributed by atoms with van der Waals surface area (Å²) in [7, 11) is 0. The maximum absolute atomic E-state index is 9.38. The van der Waals surface area contributed by atoms with Crippen LogP contribution in [0.25, 0.3) is 0 Å². The molecule has 1 aromatic rings. The van der Waals surface area contributed by atoms with Crippen molar-refractivity contribution >= 4 is 0 Å². The van der Waals surface area contributed by atoms with Crippen LogP contribution in [0, 0.1) is 6.92 Å². The lowest BCUT2D eigenvalue weighted by atomic mass is 10.1. The molecule has 0 atom stereocenters. The summed E-state index contributed by atoms with van der Waals surface area (Å²) in [6, 6.07) is 3.60. The summed E-state index contributed by atoms with van der Waals surface area (Å²) in [4.78, 5) is 0. The third-order valence-electron chi connectivity index (χ3n) is 2.03. The number of fused-ring (bicyclic) bond motifs is 1. The van der Waals surface area contributed by atoms with Crippen molar-refractivity contribution in [3.8, 4) is 11.5 Å². The first kappa shape index (κ1) is 6.53. The van der Waals surface area contributed by atoms with E-state index in [1.54, 1.807) is 6.07 Å². The maximum atomic E-state index is 9.38. The molecule has 0 aliphatic carbocycles. The van der Waals surface area contributed by atoms with Crippen LogP contribution in [0.5, 0.6) is 11.5 Å². The van der Waals surface area contributed by atoms with Gasteiger partial charge in [0.05, 0.1) is 6.61 Å². The Bertz CT molecular complexity index is 263. The lowest BCUT2D eigenvalue weighted by Gasteiger charge is -2.03. The standard InChI is InChI=1S/C9H10O2/c1-6-2-3-8(10)7-4-5-11-9(6)7/h2-3,10H,4-5H2,1H3. The summed E-state index contributed by atoms with van der Waals surface area (Å²) in [5, 5.41) is 9.38. The molecule has 0 aromatic heterocycles. The molecule has 1 heterocycles. The van der Waals surface area contributed by atoms with Gasteiger partial charge in [-0.25, -0.2) is 0 Å². The predicted molar refractivity (Wildman–Crippen MR) is 42.0 cm³/mol. The molecule has 11 heavy (non-hydrogen) atoms. The molecule has 2 rings (SSSR count). The molecule has 0 bridgehead atoms. The third kappa shape index (κ3) is 0.862. The Hall–Kier alpha value is -1.18. The second kappa shape index (κ2) is 2.16. The predicted octanol–water partition coefficient (Wildman–Crippen LogP) is 1.64. The van der Waals surface area contributed by atoms with E-state index in [4.69, 9.17) is 4.74 Å². The number of ether oxygens (including phenoxy) is 1. The van der Waals surface area contributed by atoms with Crippen molar-refractivity contribution in [1.82, 2.24) is 0 Å². The Morgan fingerprint density at radius 3 is 3.00 bits per heavy atom. The Balaban J connectivity index is 2.64. The summed E-state index contributed by atoms with van der Waals surface area (Å²) in [6.07, 6.45) is 0.836. The van der Waals surface area contributed by atoms with Crippen LogP contribution in [0.4, 0.5) is 0 Å². The number of phenols is 1. The quantitative estimate of drug-likeness (QED) is 0.609. The van der Waals surface area contributed by atoms with Gasteiger partial charge in [-0.05, 0) is 18.6 Å². The smallest absolute Gasteiger partial charge is 0.129 e. The second-order valence-electron chi connectivity index (χ2n) is 2.81. The van der Waals surface area contributed by atoms with Crippen LogP contribution in [0.2, 0.25) is 0 Å². The van der Waals surface area contributed by atoms with Crippen LogP contribution in [-0.2, 0) is 6.42 Å². The summed E-state index contributed by atoms with van der Waals surface area (Å²) >= 11 is 0. The fraction of sp³-hybridized carbons (Fsp3) is 0.333. The van der Waals surface area contributed by atoms with Gasteiger partial charge in [-0.3, -0.25) is 0 Å². The van der Waals surface area contributed by atoms with Crippen LogP contribution >= 0.6 is 0 Å². The molecule has 0 radical (unpaired) electrons. The van der Waals surface area contributed by atoms with Gasteiger partial charge in [0.2, 0.25) is 0 Å². The van der Waals surface area contributed by atoms with Crippen LogP contribution in [0.3, 0.4) is 0 Å². The molecule has 0 amide bonds. The van der Waals surface area contributed by atoms with E-state index in [-0.39, 0.29) is 0 Å². The maximum Gasteiger partial charge on any atom is 0.129 e. The highest BCUT2D eigenvalue weighted by Gasteiger charge is 2.17. The number of rotatable bonds is 0. The molecule has 1 aliphatic heterocycles.